The maximum absolute atomic E-state index is 14.7. The molecule has 8 heteroatoms. The van der Waals surface area contributed by atoms with Gasteiger partial charge in [0.05, 0.1) is 0 Å². The molecular weight excluding hydrogens is 454 g/mol. The van der Waals surface area contributed by atoms with Gasteiger partial charge < -0.3 is 0 Å². The van der Waals surface area contributed by atoms with Crippen LogP contribution in [-0.4, -0.2) is 42.1 Å². The Labute approximate surface area is 128 Å². The normalized spacial score (nSPS) is 34.4. The minimum absolute atomic E-state index is 0.266. The fraction of sp³-hybridized carbons (Fsp3) is 0.583. The van der Waals surface area contributed by atoms with Crippen molar-refractivity contribution in [2.45, 2.75) is 31.3 Å². The number of rotatable bonds is 4. The topological polar surface area (TPSA) is 50.8 Å². The third-order valence-electron chi connectivity index (χ3n) is 3.12. The zero-order valence-electron chi connectivity index (χ0n) is 11.3. The van der Waals surface area contributed by atoms with Crippen LogP contribution in [0.25, 0.3) is 0 Å². The SMILES string of the molecule is C=C1NC(=O)C=CN1[C@@H]1O[C@H](CO[P+](C)=[W])C[C@@]1(C)F. The Kier molecular flexibility index (Phi) is 4.91. The van der Waals surface area contributed by atoms with Gasteiger partial charge in [-0.2, -0.15) is 0 Å². The number of nitrogens with one attached hydrogen (secondary N) is 1. The number of carbonyl (C=O) groups is 1. The summed E-state index contributed by atoms with van der Waals surface area (Å²) < 4.78 is 26.0. The van der Waals surface area contributed by atoms with E-state index in [0.717, 1.165) is 0 Å². The van der Waals surface area contributed by atoms with Gasteiger partial charge >= 0.3 is 128 Å². The summed E-state index contributed by atoms with van der Waals surface area (Å²) in [5, 5.41) is 2.54. The molecule has 2 rings (SSSR count). The summed E-state index contributed by atoms with van der Waals surface area (Å²) >= 11 is 1.39. The Balaban J connectivity index is 2.07. The number of nitrogens with zero attached hydrogens (tertiary/aromatic N) is 1. The monoisotopic (exact) mass is 471 g/mol. The van der Waals surface area contributed by atoms with Gasteiger partial charge in [0.2, 0.25) is 0 Å². The molecule has 0 aromatic rings. The van der Waals surface area contributed by atoms with Gasteiger partial charge in [0.15, 0.2) is 0 Å². The van der Waals surface area contributed by atoms with Crippen LogP contribution in [0.3, 0.4) is 0 Å². The molecule has 0 spiro atoms. The molecule has 2 aliphatic heterocycles. The Bertz CT molecular complexity index is 483. The van der Waals surface area contributed by atoms with Gasteiger partial charge in [0.1, 0.15) is 0 Å². The summed E-state index contributed by atoms with van der Waals surface area (Å²) in [6.07, 6.45) is 2.02. The fourth-order valence-electron chi connectivity index (χ4n) is 2.27. The van der Waals surface area contributed by atoms with Gasteiger partial charge in [0, 0.05) is 0 Å². The quantitative estimate of drug-likeness (QED) is 0.636. The van der Waals surface area contributed by atoms with Crippen molar-refractivity contribution in [2.24, 2.45) is 0 Å². The zero-order valence-corrected chi connectivity index (χ0v) is 15.2. The third-order valence-corrected chi connectivity index (χ3v) is 4.77. The zero-order chi connectivity index (χ0) is 14.9. The Morgan fingerprint density at radius 2 is 2.50 bits per heavy atom. The summed E-state index contributed by atoms with van der Waals surface area (Å²) in [7, 11) is 0. The predicted molar refractivity (Wildman–Crippen MR) is 69.8 cm³/mol. The molecule has 0 saturated carbocycles. The van der Waals surface area contributed by atoms with Crippen LogP contribution >= 0.6 is 5.78 Å². The number of ether oxygens (including phenoxy) is 1. The first-order chi connectivity index (χ1) is 9.29. The van der Waals surface area contributed by atoms with E-state index in [4.69, 9.17) is 9.26 Å². The molecule has 0 aromatic heterocycles. The van der Waals surface area contributed by atoms with Gasteiger partial charge in [-0.25, -0.2) is 0 Å². The van der Waals surface area contributed by atoms with Gasteiger partial charge in [-0.1, -0.05) is 0 Å². The van der Waals surface area contributed by atoms with E-state index in [9.17, 15) is 9.18 Å². The van der Waals surface area contributed by atoms with Gasteiger partial charge in [0.25, 0.3) is 0 Å². The van der Waals surface area contributed by atoms with Crippen LogP contribution in [0.4, 0.5) is 4.39 Å². The van der Waals surface area contributed by atoms with Gasteiger partial charge in [-0.15, -0.1) is 0 Å². The molecule has 20 heavy (non-hydrogen) atoms. The number of carbonyl (C=O) groups excluding carboxylic acids is 1. The number of amides is 1. The first kappa shape index (κ1) is 16.0. The summed E-state index contributed by atoms with van der Waals surface area (Å²) in [5.74, 6) is -0.356. The van der Waals surface area contributed by atoms with Gasteiger partial charge in [-0.3, -0.25) is 0 Å². The average molecular weight is 471 g/mol. The molecule has 2 aliphatic rings. The number of halogens is 1. The molecule has 0 radical (unpaired) electrons. The number of alkyl halides is 1. The number of hydrogen-bond acceptors (Lipinski definition) is 4. The molecular formula is C12H17FN2O3PW+. The molecule has 4 atom stereocenters. The van der Waals surface area contributed by atoms with Crippen molar-refractivity contribution in [1.29, 1.82) is 0 Å². The van der Waals surface area contributed by atoms with E-state index in [-0.39, 0.29) is 18.4 Å². The molecule has 110 valence electrons. The van der Waals surface area contributed by atoms with Crippen LogP contribution in [0.15, 0.2) is 24.7 Å². The van der Waals surface area contributed by atoms with E-state index in [1.165, 1.54) is 42.9 Å². The predicted octanol–water partition coefficient (Wildman–Crippen LogP) is 1.75. The van der Waals surface area contributed by atoms with Crippen molar-refractivity contribution in [3.63, 3.8) is 0 Å². The molecule has 0 aromatic carbocycles. The van der Waals surface area contributed by atoms with E-state index in [2.05, 4.69) is 11.9 Å². The average Bonchev–Trinajstić information content (AvgIpc) is 2.62. The van der Waals surface area contributed by atoms with E-state index in [1.807, 2.05) is 6.66 Å². The Morgan fingerprint density at radius 3 is 3.10 bits per heavy atom. The van der Waals surface area contributed by atoms with Crippen LogP contribution in [0.5, 0.6) is 0 Å². The molecule has 1 N–H and O–H groups in total. The van der Waals surface area contributed by atoms with Crippen molar-refractivity contribution < 1.29 is 37.3 Å². The second-order valence-electron chi connectivity index (χ2n) is 4.99. The van der Waals surface area contributed by atoms with Crippen LogP contribution in [-0.2, 0) is 32.9 Å². The molecule has 1 fully saturated rings. The van der Waals surface area contributed by atoms with E-state index >= 15 is 0 Å². The molecule has 0 aliphatic carbocycles. The second kappa shape index (κ2) is 6.15. The summed E-state index contributed by atoms with van der Waals surface area (Å²) in [6, 6.07) is 0. The van der Waals surface area contributed by atoms with Crippen molar-refractivity contribution in [1.82, 2.24) is 10.2 Å². The van der Waals surface area contributed by atoms with E-state index in [1.54, 1.807) is 0 Å². The minimum atomic E-state index is -1.53. The van der Waals surface area contributed by atoms with Crippen LogP contribution < -0.4 is 5.32 Å². The van der Waals surface area contributed by atoms with Crippen molar-refractivity contribution >= 4 is 11.7 Å². The Morgan fingerprint density at radius 1 is 1.80 bits per heavy atom. The second-order valence-corrected chi connectivity index (χ2v) is 11.7. The first-order valence-corrected chi connectivity index (χ1v) is 11.7. The molecule has 2 heterocycles. The number of hydrogen-bond donors (Lipinski definition) is 1. The molecule has 1 unspecified atom stereocenters. The van der Waals surface area contributed by atoms with Crippen LogP contribution in [0, 0.1) is 0 Å². The Hall–Kier alpha value is -0.412. The third kappa shape index (κ3) is 3.62. The molecule has 0 bridgehead atoms. The molecule has 5 nitrogen and oxygen atoms in total. The van der Waals surface area contributed by atoms with Crippen molar-refractivity contribution in [3.8, 4) is 0 Å². The van der Waals surface area contributed by atoms with E-state index < -0.39 is 17.7 Å². The van der Waals surface area contributed by atoms with Crippen LogP contribution in [0.1, 0.15) is 13.3 Å². The van der Waals surface area contributed by atoms with Gasteiger partial charge in [-0.05, 0) is 0 Å². The standard InChI is InChI=1S/C12H17FN2O3P.W/c1-8-14-10(16)4-5-15(8)11-12(2,13)6-9(18-11)7-17-19-3;/h4-5,9,11H,1,6-7H2,2-3H3,(H,14,16);/q-1;+2/t9-,11+,12+;/m0./s1. The van der Waals surface area contributed by atoms with Crippen molar-refractivity contribution in [2.75, 3.05) is 13.3 Å². The molecule has 1 saturated heterocycles. The van der Waals surface area contributed by atoms with Crippen molar-refractivity contribution in [3.05, 3.63) is 24.7 Å². The molecule has 1 amide bonds. The summed E-state index contributed by atoms with van der Waals surface area (Å²) in [5.41, 5.74) is -1.53. The summed E-state index contributed by atoms with van der Waals surface area (Å²) in [6.45, 7) is 7.65. The maximum atomic E-state index is 14.7. The fourth-order valence-corrected chi connectivity index (χ4v) is 3.30. The first-order valence-electron chi connectivity index (χ1n) is 6.14. The van der Waals surface area contributed by atoms with Crippen LogP contribution in [0.2, 0.25) is 0 Å². The summed E-state index contributed by atoms with van der Waals surface area (Å²) in [4.78, 5) is 12.7. The van der Waals surface area contributed by atoms with E-state index in [0.29, 0.717) is 12.4 Å².